The van der Waals surface area contributed by atoms with Crippen molar-refractivity contribution in [2.24, 2.45) is 0 Å². The normalized spacial score (nSPS) is 11.0. The number of benzene rings is 1. The molecular weight excluding hydrogens is 220 g/mol. The van der Waals surface area contributed by atoms with E-state index in [1.165, 1.54) is 55.4 Å². The van der Waals surface area contributed by atoms with Gasteiger partial charge in [0.1, 0.15) is 0 Å². The summed E-state index contributed by atoms with van der Waals surface area (Å²) in [5.74, 6) is 0. The van der Waals surface area contributed by atoms with Gasteiger partial charge in [-0.1, -0.05) is 44.9 Å². The third-order valence-corrected chi connectivity index (χ3v) is 3.47. The van der Waals surface area contributed by atoms with Crippen molar-refractivity contribution in [1.29, 1.82) is 0 Å². The molecule has 1 N–H and O–H groups in total. The van der Waals surface area contributed by atoms with Crippen LogP contribution in [0.4, 0.5) is 5.69 Å². The summed E-state index contributed by atoms with van der Waals surface area (Å²) in [6.45, 7) is 6.84. The van der Waals surface area contributed by atoms with Crippen LogP contribution in [0.25, 0.3) is 10.9 Å². The van der Waals surface area contributed by atoms with Gasteiger partial charge in [-0.15, -0.1) is 0 Å². The molecule has 2 aromatic rings. The second-order valence-electron chi connectivity index (χ2n) is 4.91. The molecule has 2 rings (SSSR count). The molecule has 98 valence electrons. The molecule has 0 saturated carbocycles. The summed E-state index contributed by atoms with van der Waals surface area (Å²) in [7, 11) is 0. The van der Waals surface area contributed by atoms with E-state index in [1.54, 1.807) is 0 Å². The van der Waals surface area contributed by atoms with E-state index < -0.39 is 0 Å². The van der Waals surface area contributed by atoms with Gasteiger partial charge in [0.05, 0.1) is 5.69 Å². The van der Waals surface area contributed by atoms with Gasteiger partial charge in [0, 0.05) is 30.2 Å². The minimum atomic E-state index is 1.17. The summed E-state index contributed by atoms with van der Waals surface area (Å²) in [6.07, 6.45) is 7.21. The monoisotopic (exact) mass is 244 g/mol. The summed E-state index contributed by atoms with van der Waals surface area (Å²) in [5.41, 5.74) is 2.61. The lowest BCUT2D eigenvalue weighted by Crippen LogP contribution is -2.25. The van der Waals surface area contributed by atoms with Crippen LogP contribution in [0.2, 0.25) is 0 Å². The van der Waals surface area contributed by atoms with Crippen LogP contribution in [0.5, 0.6) is 0 Å². The Bertz CT molecular complexity index is 465. The topological polar surface area (TPSA) is 19.0 Å². The second kappa shape index (κ2) is 6.48. The zero-order valence-electron chi connectivity index (χ0n) is 11.6. The molecule has 18 heavy (non-hydrogen) atoms. The molecule has 1 heterocycles. The average Bonchev–Trinajstić information content (AvgIpc) is 2.83. The number of anilines is 1. The quantitative estimate of drug-likeness (QED) is 0.755. The zero-order chi connectivity index (χ0) is 12.8. The van der Waals surface area contributed by atoms with Crippen molar-refractivity contribution in [3.05, 3.63) is 30.5 Å². The molecule has 0 amide bonds. The molecule has 0 bridgehead atoms. The molecule has 0 radical (unpaired) electrons. The number of hydrogen-bond acceptors (Lipinski definition) is 1. The smallest absolute Gasteiger partial charge is 0.0623 e. The highest BCUT2D eigenvalue weighted by atomic mass is 15.1. The van der Waals surface area contributed by atoms with Crippen molar-refractivity contribution in [3.8, 4) is 0 Å². The number of nitrogens with zero attached hydrogens (tertiary/aromatic N) is 1. The van der Waals surface area contributed by atoms with Gasteiger partial charge in [0.15, 0.2) is 0 Å². The van der Waals surface area contributed by atoms with Crippen LogP contribution in [0.1, 0.15) is 39.5 Å². The fourth-order valence-corrected chi connectivity index (χ4v) is 2.37. The summed E-state index contributed by atoms with van der Waals surface area (Å²) >= 11 is 0. The van der Waals surface area contributed by atoms with Crippen LogP contribution < -0.4 is 4.90 Å². The van der Waals surface area contributed by atoms with Crippen molar-refractivity contribution in [3.63, 3.8) is 0 Å². The van der Waals surface area contributed by atoms with E-state index in [0.29, 0.717) is 0 Å². The van der Waals surface area contributed by atoms with Crippen LogP contribution >= 0.6 is 0 Å². The third kappa shape index (κ3) is 2.87. The SMILES string of the molecule is CCCCN(CCCC)c1c[nH]c2ccccc12. The Labute approximate surface area is 110 Å². The van der Waals surface area contributed by atoms with Crippen LogP contribution in [0, 0.1) is 0 Å². The fraction of sp³-hybridized carbons (Fsp3) is 0.500. The van der Waals surface area contributed by atoms with E-state index in [0.717, 1.165) is 0 Å². The molecular formula is C16H24N2. The highest BCUT2D eigenvalue weighted by Crippen LogP contribution is 2.27. The lowest BCUT2D eigenvalue weighted by molar-refractivity contribution is 0.679. The van der Waals surface area contributed by atoms with Crippen molar-refractivity contribution in [1.82, 2.24) is 4.98 Å². The first kappa shape index (κ1) is 13.0. The van der Waals surface area contributed by atoms with E-state index >= 15 is 0 Å². The van der Waals surface area contributed by atoms with Crippen molar-refractivity contribution in [2.45, 2.75) is 39.5 Å². The summed E-state index contributed by atoms with van der Waals surface area (Å²) in [6, 6.07) is 8.57. The Hall–Kier alpha value is -1.44. The summed E-state index contributed by atoms with van der Waals surface area (Å²) in [4.78, 5) is 5.91. The number of rotatable bonds is 7. The fourth-order valence-electron chi connectivity index (χ4n) is 2.37. The van der Waals surface area contributed by atoms with Gasteiger partial charge >= 0.3 is 0 Å². The van der Waals surface area contributed by atoms with Gasteiger partial charge in [-0.25, -0.2) is 0 Å². The van der Waals surface area contributed by atoms with Gasteiger partial charge in [0.25, 0.3) is 0 Å². The number of para-hydroxylation sites is 1. The lowest BCUT2D eigenvalue weighted by atomic mass is 10.2. The molecule has 1 aromatic heterocycles. The second-order valence-corrected chi connectivity index (χ2v) is 4.91. The Morgan fingerprint density at radius 3 is 2.33 bits per heavy atom. The average molecular weight is 244 g/mol. The molecule has 0 saturated heterocycles. The van der Waals surface area contributed by atoms with E-state index in [2.05, 4.69) is 54.2 Å². The van der Waals surface area contributed by atoms with Crippen molar-refractivity contribution >= 4 is 16.6 Å². The molecule has 0 unspecified atom stereocenters. The Kier molecular flexibility index (Phi) is 4.68. The molecule has 1 aromatic carbocycles. The number of unbranched alkanes of at least 4 members (excludes halogenated alkanes) is 2. The highest BCUT2D eigenvalue weighted by molar-refractivity contribution is 5.92. The lowest BCUT2D eigenvalue weighted by Gasteiger charge is -2.23. The van der Waals surface area contributed by atoms with Crippen LogP contribution in [0.3, 0.4) is 0 Å². The minimum absolute atomic E-state index is 1.17. The number of fused-ring (bicyclic) bond motifs is 1. The number of nitrogens with one attached hydrogen (secondary N) is 1. The largest absolute Gasteiger partial charge is 0.370 e. The molecule has 2 heteroatoms. The van der Waals surface area contributed by atoms with Crippen molar-refractivity contribution < 1.29 is 0 Å². The Morgan fingerprint density at radius 1 is 1.00 bits per heavy atom. The van der Waals surface area contributed by atoms with Crippen LogP contribution in [-0.4, -0.2) is 18.1 Å². The standard InChI is InChI=1S/C16H24N2/c1-3-5-11-18(12-6-4-2)16-13-17-15-10-8-7-9-14(15)16/h7-10,13,17H,3-6,11-12H2,1-2H3. The van der Waals surface area contributed by atoms with E-state index in [-0.39, 0.29) is 0 Å². The number of aromatic amines is 1. The molecule has 2 nitrogen and oxygen atoms in total. The van der Waals surface area contributed by atoms with Gasteiger partial charge in [0.2, 0.25) is 0 Å². The molecule has 0 aliphatic carbocycles. The Balaban J connectivity index is 2.22. The summed E-state index contributed by atoms with van der Waals surface area (Å²) in [5, 5.41) is 1.35. The number of hydrogen-bond donors (Lipinski definition) is 1. The van der Waals surface area contributed by atoms with Gasteiger partial charge < -0.3 is 9.88 Å². The van der Waals surface area contributed by atoms with E-state index in [1.807, 2.05) is 0 Å². The maximum Gasteiger partial charge on any atom is 0.0623 e. The van der Waals surface area contributed by atoms with E-state index in [9.17, 15) is 0 Å². The van der Waals surface area contributed by atoms with E-state index in [4.69, 9.17) is 0 Å². The molecule has 0 atom stereocenters. The molecule has 0 spiro atoms. The Morgan fingerprint density at radius 2 is 1.67 bits per heavy atom. The predicted octanol–water partition coefficient (Wildman–Crippen LogP) is 4.57. The first-order valence-electron chi connectivity index (χ1n) is 7.17. The highest BCUT2D eigenvalue weighted by Gasteiger charge is 2.10. The van der Waals surface area contributed by atoms with Gasteiger partial charge in [-0.05, 0) is 18.9 Å². The van der Waals surface area contributed by atoms with Gasteiger partial charge in [-0.3, -0.25) is 0 Å². The molecule has 0 aliphatic heterocycles. The van der Waals surface area contributed by atoms with Crippen LogP contribution in [-0.2, 0) is 0 Å². The number of aromatic nitrogens is 1. The maximum atomic E-state index is 3.38. The first-order chi connectivity index (χ1) is 8.86. The minimum Gasteiger partial charge on any atom is -0.370 e. The maximum absolute atomic E-state index is 3.38. The summed E-state index contributed by atoms with van der Waals surface area (Å²) < 4.78 is 0. The van der Waals surface area contributed by atoms with Gasteiger partial charge in [-0.2, -0.15) is 0 Å². The number of H-pyrrole nitrogens is 1. The molecule has 0 aliphatic rings. The predicted molar refractivity (Wildman–Crippen MR) is 80.3 cm³/mol. The van der Waals surface area contributed by atoms with Crippen LogP contribution in [0.15, 0.2) is 30.5 Å². The zero-order valence-corrected chi connectivity index (χ0v) is 11.6. The molecule has 0 fully saturated rings. The third-order valence-electron chi connectivity index (χ3n) is 3.47. The first-order valence-corrected chi connectivity index (χ1v) is 7.17. The van der Waals surface area contributed by atoms with Crippen molar-refractivity contribution in [2.75, 3.05) is 18.0 Å².